The summed E-state index contributed by atoms with van der Waals surface area (Å²) in [6, 6.07) is 0.0386. The lowest BCUT2D eigenvalue weighted by molar-refractivity contribution is -0.141. The van der Waals surface area contributed by atoms with Crippen molar-refractivity contribution in [2.24, 2.45) is 5.92 Å². The lowest BCUT2D eigenvalue weighted by Crippen LogP contribution is -2.42. The molecule has 2 N–H and O–H groups in total. The van der Waals surface area contributed by atoms with Crippen molar-refractivity contribution < 1.29 is 9.90 Å². The third kappa shape index (κ3) is 4.72. The van der Waals surface area contributed by atoms with Crippen molar-refractivity contribution >= 4 is 17.7 Å². The van der Waals surface area contributed by atoms with E-state index in [0.29, 0.717) is 0 Å². The summed E-state index contributed by atoms with van der Waals surface area (Å²) in [7, 11) is 0. The van der Waals surface area contributed by atoms with Gasteiger partial charge >= 0.3 is 5.97 Å². The number of nitrogens with one attached hydrogen (secondary N) is 1. The first-order chi connectivity index (χ1) is 7.61. The van der Waals surface area contributed by atoms with E-state index < -0.39 is 5.97 Å². The number of carboxylic acid groups (broad SMARTS) is 1. The Morgan fingerprint density at radius 2 is 2.06 bits per heavy atom. The van der Waals surface area contributed by atoms with Gasteiger partial charge in [0.2, 0.25) is 0 Å². The smallest absolute Gasteiger partial charge is 0.307 e. The Morgan fingerprint density at radius 1 is 1.44 bits per heavy atom. The highest BCUT2D eigenvalue weighted by molar-refractivity contribution is 7.99. The third-order valence-corrected chi connectivity index (χ3v) is 4.08. The number of rotatable bonds is 6. The van der Waals surface area contributed by atoms with Crippen molar-refractivity contribution in [3.05, 3.63) is 0 Å². The Labute approximate surface area is 102 Å². The van der Waals surface area contributed by atoms with Gasteiger partial charge in [0.25, 0.3) is 0 Å². The zero-order chi connectivity index (χ0) is 12.0. The average Bonchev–Trinajstić information content (AvgIpc) is 2.29. The minimum Gasteiger partial charge on any atom is -0.481 e. The predicted octanol–water partition coefficient (Wildman–Crippen LogP) is 0.734. The second kappa shape index (κ2) is 7.14. The molecule has 4 nitrogen and oxygen atoms in total. The van der Waals surface area contributed by atoms with E-state index in [9.17, 15) is 4.79 Å². The van der Waals surface area contributed by atoms with Crippen LogP contribution in [0.5, 0.6) is 0 Å². The summed E-state index contributed by atoms with van der Waals surface area (Å²) in [6.07, 6.45) is 0. The molecule has 1 rings (SSSR count). The molecule has 0 aromatic heterocycles. The average molecular weight is 246 g/mol. The Hall–Kier alpha value is -0.260. The molecule has 0 amide bonds. The second-order valence-corrected chi connectivity index (χ2v) is 5.55. The van der Waals surface area contributed by atoms with E-state index in [1.165, 1.54) is 11.5 Å². The summed E-state index contributed by atoms with van der Waals surface area (Å²) >= 11 is 2.01. The number of thioether (sulfide) groups is 1. The van der Waals surface area contributed by atoms with Crippen LogP contribution in [0.4, 0.5) is 0 Å². The fourth-order valence-corrected chi connectivity index (χ4v) is 2.64. The first-order valence-corrected chi connectivity index (χ1v) is 7.03. The van der Waals surface area contributed by atoms with Crippen LogP contribution in [0.3, 0.4) is 0 Å². The molecule has 0 radical (unpaired) electrons. The van der Waals surface area contributed by atoms with Gasteiger partial charge in [0.05, 0.1) is 5.92 Å². The predicted molar refractivity (Wildman–Crippen MR) is 68.0 cm³/mol. The van der Waals surface area contributed by atoms with Gasteiger partial charge in [-0.3, -0.25) is 4.79 Å². The van der Waals surface area contributed by atoms with Gasteiger partial charge < -0.3 is 15.3 Å². The van der Waals surface area contributed by atoms with Gasteiger partial charge in [-0.25, -0.2) is 0 Å². The largest absolute Gasteiger partial charge is 0.481 e. The summed E-state index contributed by atoms with van der Waals surface area (Å²) in [5.74, 6) is 1.40. The minimum absolute atomic E-state index is 0.0386. The third-order valence-electron chi connectivity index (χ3n) is 3.14. The molecule has 1 fully saturated rings. The lowest BCUT2D eigenvalue weighted by atomic mass is 10.0. The molecule has 2 atom stereocenters. The molecule has 0 aromatic rings. The van der Waals surface area contributed by atoms with Crippen molar-refractivity contribution in [3.63, 3.8) is 0 Å². The fourth-order valence-electron chi connectivity index (χ4n) is 1.67. The Kier molecular flexibility index (Phi) is 6.16. The standard InChI is InChI=1S/C11H22N2O2S/c1-9(11(14)15)10(2)12-3-4-13-5-7-16-8-6-13/h9-10,12H,3-8H2,1-2H3,(H,14,15). The van der Waals surface area contributed by atoms with Crippen LogP contribution in [0, 0.1) is 5.92 Å². The quantitative estimate of drug-likeness (QED) is 0.724. The van der Waals surface area contributed by atoms with Crippen molar-refractivity contribution in [3.8, 4) is 0 Å². The molecule has 0 spiro atoms. The highest BCUT2D eigenvalue weighted by Crippen LogP contribution is 2.08. The van der Waals surface area contributed by atoms with Crippen molar-refractivity contribution in [1.29, 1.82) is 0 Å². The van der Waals surface area contributed by atoms with E-state index in [1.807, 2.05) is 18.7 Å². The molecule has 0 saturated carbocycles. The van der Waals surface area contributed by atoms with E-state index in [1.54, 1.807) is 6.92 Å². The van der Waals surface area contributed by atoms with Crippen LogP contribution in [0.25, 0.3) is 0 Å². The van der Waals surface area contributed by atoms with Gasteiger partial charge in [-0.15, -0.1) is 0 Å². The zero-order valence-electron chi connectivity index (χ0n) is 10.1. The number of nitrogens with zero attached hydrogens (tertiary/aromatic N) is 1. The molecule has 1 heterocycles. The van der Waals surface area contributed by atoms with Crippen LogP contribution in [0.2, 0.25) is 0 Å². The summed E-state index contributed by atoms with van der Waals surface area (Å²) in [4.78, 5) is 13.2. The second-order valence-electron chi connectivity index (χ2n) is 4.32. The monoisotopic (exact) mass is 246 g/mol. The molecule has 0 aliphatic carbocycles. The van der Waals surface area contributed by atoms with Crippen LogP contribution in [-0.2, 0) is 4.79 Å². The summed E-state index contributed by atoms with van der Waals surface area (Å²) in [5, 5.41) is 12.1. The highest BCUT2D eigenvalue weighted by atomic mass is 32.2. The number of carbonyl (C=O) groups is 1. The van der Waals surface area contributed by atoms with Crippen LogP contribution in [0.1, 0.15) is 13.8 Å². The Balaban J connectivity index is 2.11. The van der Waals surface area contributed by atoms with Crippen molar-refractivity contribution in [1.82, 2.24) is 10.2 Å². The van der Waals surface area contributed by atoms with E-state index in [0.717, 1.165) is 26.2 Å². The van der Waals surface area contributed by atoms with Gasteiger partial charge in [-0.05, 0) is 6.92 Å². The van der Waals surface area contributed by atoms with Gasteiger partial charge in [0.1, 0.15) is 0 Å². The van der Waals surface area contributed by atoms with Gasteiger partial charge in [0, 0.05) is 43.7 Å². The first-order valence-electron chi connectivity index (χ1n) is 5.87. The van der Waals surface area contributed by atoms with Crippen LogP contribution in [-0.4, -0.2) is 59.7 Å². The molecular weight excluding hydrogens is 224 g/mol. The molecule has 5 heteroatoms. The number of hydrogen-bond acceptors (Lipinski definition) is 4. The first kappa shape index (κ1) is 13.8. The SMILES string of the molecule is CC(NCCN1CCSCC1)C(C)C(=O)O. The molecule has 1 saturated heterocycles. The normalized spacial score (nSPS) is 21.6. The molecule has 2 unspecified atom stereocenters. The number of aliphatic carboxylic acids is 1. The maximum Gasteiger partial charge on any atom is 0.307 e. The molecule has 1 aliphatic heterocycles. The van der Waals surface area contributed by atoms with E-state index in [4.69, 9.17) is 5.11 Å². The lowest BCUT2D eigenvalue weighted by Gasteiger charge is -2.27. The molecular formula is C11H22N2O2S. The van der Waals surface area contributed by atoms with Crippen molar-refractivity contribution in [2.75, 3.05) is 37.7 Å². The Morgan fingerprint density at radius 3 is 2.62 bits per heavy atom. The highest BCUT2D eigenvalue weighted by Gasteiger charge is 2.18. The number of hydrogen-bond donors (Lipinski definition) is 2. The molecule has 0 aromatic carbocycles. The zero-order valence-corrected chi connectivity index (χ0v) is 10.9. The fraction of sp³-hybridized carbons (Fsp3) is 0.909. The van der Waals surface area contributed by atoms with Gasteiger partial charge in [0.15, 0.2) is 0 Å². The molecule has 94 valence electrons. The minimum atomic E-state index is -0.727. The van der Waals surface area contributed by atoms with Crippen molar-refractivity contribution in [2.45, 2.75) is 19.9 Å². The number of carboxylic acids is 1. The van der Waals surface area contributed by atoms with Gasteiger partial charge in [-0.2, -0.15) is 11.8 Å². The molecule has 1 aliphatic rings. The molecule has 16 heavy (non-hydrogen) atoms. The maximum absolute atomic E-state index is 10.8. The van der Waals surface area contributed by atoms with E-state index >= 15 is 0 Å². The van der Waals surface area contributed by atoms with Gasteiger partial charge in [-0.1, -0.05) is 6.92 Å². The topological polar surface area (TPSA) is 52.6 Å². The van der Waals surface area contributed by atoms with E-state index in [-0.39, 0.29) is 12.0 Å². The Bertz CT molecular complexity index is 220. The summed E-state index contributed by atoms with van der Waals surface area (Å²) in [5.41, 5.74) is 0. The van der Waals surface area contributed by atoms with Crippen LogP contribution in [0.15, 0.2) is 0 Å². The summed E-state index contributed by atoms with van der Waals surface area (Å²) < 4.78 is 0. The van der Waals surface area contributed by atoms with Crippen LogP contribution < -0.4 is 5.32 Å². The van der Waals surface area contributed by atoms with Crippen LogP contribution >= 0.6 is 11.8 Å². The summed E-state index contributed by atoms with van der Waals surface area (Å²) in [6.45, 7) is 7.91. The molecule has 0 bridgehead atoms. The maximum atomic E-state index is 10.8. The van der Waals surface area contributed by atoms with E-state index in [2.05, 4.69) is 10.2 Å².